The van der Waals surface area contributed by atoms with Gasteiger partial charge in [-0.2, -0.15) is 0 Å². The summed E-state index contributed by atoms with van der Waals surface area (Å²) in [6.07, 6.45) is 4.29. The molecule has 0 fully saturated rings. The second-order valence-corrected chi connectivity index (χ2v) is 10.8. The molecule has 1 aromatic carbocycles. The van der Waals surface area contributed by atoms with E-state index in [1.54, 1.807) is 45.9 Å². The number of carbonyl (C=O) groups is 1. The van der Waals surface area contributed by atoms with Crippen LogP contribution in [0, 0.1) is 6.92 Å². The molecular formula is C20H21ClN4O3S. The van der Waals surface area contributed by atoms with Gasteiger partial charge in [-0.3, -0.25) is 14.8 Å². The number of anilines is 2. The standard InChI is InChI=1S/C20H21ClN4O3S/c1-11-5-14-17(25-13-7-12(21)8-23-9-13)15(19(22)26)10-24-18(14)16(6-11)29(27,28)20(2,3)4/h5-10H,1-4H3,(H2,22,26)(H,24,25). The number of aromatic nitrogens is 2. The number of sulfone groups is 1. The number of amides is 1. The van der Waals surface area contributed by atoms with Gasteiger partial charge in [-0.25, -0.2) is 8.42 Å². The fourth-order valence-electron chi connectivity index (χ4n) is 2.89. The Bertz CT molecular complexity index is 1230. The summed E-state index contributed by atoms with van der Waals surface area (Å²) in [6, 6.07) is 4.98. The van der Waals surface area contributed by atoms with Crippen molar-refractivity contribution in [3.8, 4) is 0 Å². The highest BCUT2D eigenvalue weighted by Crippen LogP contribution is 2.36. The average molecular weight is 433 g/mol. The van der Waals surface area contributed by atoms with Crippen molar-refractivity contribution in [1.82, 2.24) is 9.97 Å². The van der Waals surface area contributed by atoms with Gasteiger partial charge in [0.05, 0.1) is 43.3 Å². The number of pyridine rings is 2. The van der Waals surface area contributed by atoms with Crippen LogP contribution in [0.25, 0.3) is 10.9 Å². The molecule has 3 rings (SSSR count). The molecule has 9 heteroatoms. The maximum atomic E-state index is 13.2. The van der Waals surface area contributed by atoms with Crippen molar-refractivity contribution in [2.75, 3.05) is 5.32 Å². The molecule has 0 aliphatic rings. The van der Waals surface area contributed by atoms with E-state index in [9.17, 15) is 13.2 Å². The zero-order chi connectivity index (χ0) is 21.6. The van der Waals surface area contributed by atoms with Crippen LogP contribution in [-0.4, -0.2) is 29.0 Å². The minimum Gasteiger partial charge on any atom is -0.365 e. The number of hydrogen-bond donors (Lipinski definition) is 2. The number of fused-ring (bicyclic) bond motifs is 1. The molecule has 0 unspecified atom stereocenters. The number of benzene rings is 1. The van der Waals surface area contributed by atoms with Crippen LogP contribution in [0.2, 0.25) is 5.02 Å². The molecule has 1 amide bonds. The van der Waals surface area contributed by atoms with E-state index in [0.717, 1.165) is 0 Å². The summed E-state index contributed by atoms with van der Waals surface area (Å²) in [7, 11) is -3.69. The molecule has 0 radical (unpaired) electrons. The van der Waals surface area contributed by atoms with Crippen molar-refractivity contribution in [3.63, 3.8) is 0 Å². The number of nitrogens with one attached hydrogen (secondary N) is 1. The molecule has 0 saturated heterocycles. The Balaban J connectivity index is 2.37. The fraction of sp³-hybridized carbons (Fsp3) is 0.250. The summed E-state index contributed by atoms with van der Waals surface area (Å²) >= 11 is 6.01. The quantitative estimate of drug-likeness (QED) is 0.643. The molecule has 0 bridgehead atoms. The van der Waals surface area contributed by atoms with Crippen LogP contribution in [0.1, 0.15) is 36.7 Å². The number of carbonyl (C=O) groups excluding carboxylic acids is 1. The minimum atomic E-state index is -3.69. The number of halogens is 1. The van der Waals surface area contributed by atoms with E-state index < -0.39 is 20.5 Å². The topological polar surface area (TPSA) is 115 Å². The Hall–Kier alpha value is -2.71. The highest BCUT2D eigenvalue weighted by molar-refractivity contribution is 7.93. The number of rotatable bonds is 4. The lowest BCUT2D eigenvalue weighted by atomic mass is 10.1. The first-order chi connectivity index (χ1) is 13.4. The molecule has 29 heavy (non-hydrogen) atoms. The maximum Gasteiger partial charge on any atom is 0.252 e. The van der Waals surface area contributed by atoms with Crippen molar-refractivity contribution < 1.29 is 13.2 Å². The molecule has 0 saturated carbocycles. The normalized spacial score (nSPS) is 12.2. The second-order valence-electron chi connectivity index (χ2n) is 7.70. The predicted octanol–water partition coefficient (Wildman–Crippen LogP) is 4.01. The molecule has 7 nitrogen and oxygen atoms in total. The monoisotopic (exact) mass is 432 g/mol. The Morgan fingerprint density at radius 2 is 1.83 bits per heavy atom. The smallest absolute Gasteiger partial charge is 0.252 e. The van der Waals surface area contributed by atoms with Crippen molar-refractivity contribution >= 4 is 49.6 Å². The molecule has 152 valence electrons. The average Bonchev–Trinajstić information content (AvgIpc) is 2.60. The molecule has 0 aliphatic heterocycles. The summed E-state index contributed by atoms with van der Waals surface area (Å²) < 4.78 is 25.3. The van der Waals surface area contributed by atoms with Crippen molar-refractivity contribution in [3.05, 3.63) is 52.9 Å². The van der Waals surface area contributed by atoms with Gasteiger partial charge in [0, 0.05) is 17.8 Å². The number of primary amides is 1. The maximum absolute atomic E-state index is 13.2. The Morgan fingerprint density at radius 1 is 1.14 bits per heavy atom. The molecule has 0 aliphatic carbocycles. The Kier molecular flexibility index (Phi) is 5.27. The van der Waals surface area contributed by atoms with Gasteiger partial charge in [0.15, 0.2) is 9.84 Å². The third-order valence-corrected chi connectivity index (χ3v) is 7.13. The lowest BCUT2D eigenvalue weighted by Gasteiger charge is -2.22. The lowest BCUT2D eigenvalue weighted by molar-refractivity contribution is 0.100. The molecule has 0 spiro atoms. The first-order valence-electron chi connectivity index (χ1n) is 8.77. The Labute approximate surface area is 174 Å². The SMILES string of the molecule is Cc1cc(S(=O)(=O)C(C)(C)C)c2ncc(C(N)=O)c(Nc3cncc(Cl)c3)c2c1. The summed E-state index contributed by atoms with van der Waals surface area (Å²) in [5, 5.41) is 3.97. The van der Waals surface area contributed by atoms with Crippen LogP contribution in [0.4, 0.5) is 11.4 Å². The molecule has 3 N–H and O–H groups in total. The minimum absolute atomic E-state index is 0.100. The van der Waals surface area contributed by atoms with Gasteiger partial charge in [-0.15, -0.1) is 0 Å². The third-order valence-electron chi connectivity index (χ3n) is 4.42. The predicted molar refractivity (Wildman–Crippen MR) is 114 cm³/mol. The van der Waals surface area contributed by atoms with Crippen LogP contribution in [0.3, 0.4) is 0 Å². The van der Waals surface area contributed by atoms with Gasteiger partial charge in [-0.05, 0) is 51.5 Å². The molecule has 0 atom stereocenters. The number of aryl methyl sites for hydroxylation is 1. The summed E-state index contributed by atoms with van der Waals surface area (Å²) in [5.74, 6) is -0.696. The van der Waals surface area contributed by atoms with Crippen LogP contribution in [-0.2, 0) is 9.84 Å². The van der Waals surface area contributed by atoms with Crippen molar-refractivity contribution in [1.29, 1.82) is 0 Å². The lowest BCUT2D eigenvalue weighted by Crippen LogP contribution is -2.28. The molecule has 2 heterocycles. The Morgan fingerprint density at radius 3 is 2.41 bits per heavy atom. The van der Waals surface area contributed by atoms with Crippen LogP contribution >= 0.6 is 11.6 Å². The summed E-state index contributed by atoms with van der Waals surface area (Å²) in [5.41, 5.74) is 7.50. The van der Waals surface area contributed by atoms with Crippen molar-refractivity contribution in [2.45, 2.75) is 37.3 Å². The van der Waals surface area contributed by atoms with Gasteiger partial charge in [-0.1, -0.05) is 11.6 Å². The summed E-state index contributed by atoms with van der Waals surface area (Å²) in [6.45, 7) is 6.67. The molecule has 3 aromatic rings. The fourth-order valence-corrected chi connectivity index (χ4v) is 4.48. The van der Waals surface area contributed by atoms with E-state index in [0.29, 0.717) is 27.3 Å². The first kappa shape index (κ1) is 21.0. The molecule has 2 aromatic heterocycles. The largest absolute Gasteiger partial charge is 0.365 e. The van der Waals surface area contributed by atoms with E-state index in [1.165, 1.54) is 18.6 Å². The number of hydrogen-bond acceptors (Lipinski definition) is 6. The summed E-state index contributed by atoms with van der Waals surface area (Å²) in [4.78, 5) is 20.4. The van der Waals surface area contributed by atoms with Gasteiger partial charge in [0.2, 0.25) is 0 Å². The van der Waals surface area contributed by atoms with Gasteiger partial charge < -0.3 is 11.1 Å². The van der Waals surface area contributed by atoms with Crippen LogP contribution in [0.5, 0.6) is 0 Å². The van der Waals surface area contributed by atoms with Crippen LogP contribution < -0.4 is 11.1 Å². The van der Waals surface area contributed by atoms with Gasteiger partial charge >= 0.3 is 0 Å². The van der Waals surface area contributed by atoms with E-state index in [1.807, 2.05) is 0 Å². The zero-order valence-electron chi connectivity index (χ0n) is 16.4. The van der Waals surface area contributed by atoms with Gasteiger partial charge in [0.1, 0.15) is 0 Å². The third kappa shape index (κ3) is 3.90. The molecular weight excluding hydrogens is 412 g/mol. The number of nitrogens with zero attached hydrogens (tertiary/aromatic N) is 2. The zero-order valence-corrected chi connectivity index (χ0v) is 18.0. The number of nitrogens with two attached hydrogens (primary N) is 1. The van der Waals surface area contributed by atoms with E-state index in [4.69, 9.17) is 17.3 Å². The van der Waals surface area contributed by atoms with E-state index in [2.05, 4.69) is 15.3 Å². The van der Waals surface area contributed by atoms with Crippen LogP contribution in [0.15, 0.2) is 41.7 Å². The van der Waals surface area contributed by atoms with E-state index in [-0.39, 0.29) is 16.0 Å². The first-order valence-corrected chi connectivity index (χ1v) is 10.6. The van der Waals surface area contributed by atoms with Crippen molar-refractivity contribution in [2.24, 2.45) is 5.73 Å². The highest BCUT2D eigenvalue weighted by atomic mass is 35.5. The van der Waals surface area contributed by atoms with E-state index >= 15 is 0 Å². The highest BCUT2D eigenvalue weighted by Gasteiger charge is 2.33. The van der Waals surface area contributed by atoms with Gasteiger partial charge in [0.25, 0.3) is 5.91 Å². The second kappa shape index (κ2) is 7.27.